The number of hydrogen-bond donors (Lipinski definition) is 2. The molecule has 1 aliphatic heterocycles. The lowest BCUT2D eigenvalue weighted by Gasteiger charge is -2.20. The number of carbonyl (C=O) groups excluding carboxylic acids is 3. The minimum Gasteiger partial charge on any atom is -0.351 e. The van der Waals surface area contributed by atoms with Crippen molar-refractivity contribution in [3.63, 3.8) is 0 Å². The molecule has 7 nitrogen and oxygen atoms in total. The van der Waals surface area contributed by atoms with E-state index >= 15 is 0 Å². The highest BCUT2D eigenvalue weighted by Gasteiger charge is 2.51. The Labute approximate surface area is 157 Å². The lowest BCUT2D eigenvalue weighted by Crippen LogP contribution is -2.44. The van der Waals surface area contributed by atoms with Crippen molar-refractivity contribution in [2.45, 2.75) is 37.6 Å². The Morgan fingerprint density at radius 1 is 1.15 bits per heavy atom. The standard InChI is InChI=1S/C20H22N4O3/c25-17(16-9-8-14-6-1-2-7-15(14)22-16)21-12-5-13-24-18(26)20(23-19(24)27)10-3-4-11-20/h1-2,6-9H,3-5,10-13H2,(H,21,25)(H,23,27). The van der Waals surface area contributed by atoms with Gasteiger partial charge < -0.3 is 10.6 Å². The van der Waals surface area contributed by atoms with Crippen molar-refractivity contribution in [3.05, 3.63) is 42.1 Å². The van der Waals surface area contributed by atoms with Crippen LogP contribution in [0.2, 0.25) is 0 Å². The Kier molecular flexibility index (Phi) is 4.51. The van der Waals surface area contributed by atoms with Crippen LogP contribution in [0.1, 0.15) is 42.6 Å². The molecule has 1 aromatic heterocycles. The Hall–Kier alpha value is -2.96. The monoisotopic (exact) mass is 366 g/mol. The van der Waals surface area contributed by atoms with Crippen molar-refractivity contribution in [2.75, 3.05) is 13.1 Å². The van der Waals surface area contributed by atoms with Crippen LogP contribution in [0.15, 0.2) is 36.4 Å². The van der Waals surface area contributed by atoms with Gasteiger partial charge in [-0.25, -0.2) is 9.78 Å². The van der Waals surface area contributed by atoms with Gasteiger partial charge in [0.1, 0.15) is 11.2 Å². The number of pyridine rings is 1. The van der Waals surface area contributed by atoms with E-state index in [1.54, 1.807) is 6.07 Å². The lowest BCUT2D eigenvalue weighted by atomic mass is 9.98. The number of nitrogens with zero attached hydrogens (tertiary/aromatic N) is 2. The first-order valence-corrected chi connectivity index (χ1v) is 9.37. The molecule has 2 heterocycles. The molecular formula is C20H22N4O3. The van der Waals surface area contributed by atoms with Gasteiger partial charge in [0.25, 0.3) is 11.8 Å². The normalized spacial score (nSPS) is 18.3. The fraction of sp³-hybridized carbons (Fsp3) is 0.400. The van der Waals surface area contributed by atoms with Gasteiger partial charge in [-0.3, -0.25) is 14.5 Å². The van der Waals surface area contributed by atoms with Crippen LogP contribution in [0.4, 0.5) is 4.79 Å². The summed E-state index contributed by atoms with van der Waals surface area (Å²) >= 11 is 0. The van der Waals surface area contributed by atoms with Gasteiger partial charge in [0, 0.05) is 18.5 Å². The molecule has 1 spiro atoms. The number of aromatic nitrogens is 1. The van der Waals surface area contributed by atoms with Crippen molar-refractivity contribution in [3.8, 4) is 0 Å². The molecule has 140 valence electrons. The van der Waals surface area contributed by atoms with E-state index in [1.807, 2.05) is 30.3 Å². The molecule has 2 N–H and O–H groups in total. The van der Waals surface area contributed by atoms with E-state index in [4.69, 9.17) is 0 Å². The van der Waals surface area contributed by atoms with E-state index in [0.717, 1.165) is 36.6 Å². The molecule has 27 heavy (non-hydrogen) atoms. The molecule has 0 atom stereocenters. The summed E-state index contributed by atoms with van der Waals surface area (Å²) in [6.45, 7) is 0.676. The Morgan fingerprint density at radius 2 is 1.93 bits per heavy atom. The summed E-state index contributed by atoms with van der Waals surface area (Å²) in [5.74, 6) is -0.377. The molecule has 0 bridgehead atoms. The van der Waals surface area contributed by atoms with Gasteiger partial charge in [0.2, 0.25) is 0 Å². The molecule has 4 amide bonds. The predicted octanol–water partition coefficient (Wildman–Crippen LogP) is 2.22. The van der Waals surface area contributed by atoms with E-state index in [1.165, 1.54) is 4.90 Å². The Morgan fingerprint density at radius 3 is 2.74 bits per heavy atom. The number of benzene rings is 1. The van der Waals surface area contributed by atoms with Crippen LogP contribution in [0, 0.1) is 0 Å². The van der Waals surface area contributed by atoms with Gasteiger partial charge in [0.15, 0.2) is 0 Å². The smallest absolute Gasteiger partial charge is 0.325 e. The van der Waals surface area contributed by atoms with Crippen LogP contribution in [0.25, 0.3) is 10.9 Å². The quantitative estimate of drug-likeness (QED) is 0.627. The third kappa shape index (κ3) is 3.25. The van der Waals surface area contributed by atoms with Crippen LogP contribution in [0.5, 0.6) is 0 Å². The SMILES string of the molecule is O=C(NCCCN1C(=O)NC2(CCCC2)C1=O)c1ccc2ccccc2n1. The van der Waals surface area contributed by atoms with Crippen LogP contribution in [-0.2, 0) is 4.79 Å². The van der Waals surface area contributed by atoms with Crippen molar-refractivity contribution in [2.24, 2.45) is 0 Å². The second-order valence-electron chi connectivity index (χ2n) is 7.17. The van der Waals surface area contributed by atoms with Gasteiger partial charge in [0.05, 0.1) is 5.52 Å². The summed E-state index contributed by atoms with van der Waals surface area (Å²) in [7, 11) is 0. The maximum Gasteiger partial charge on any atom is 0.325 e. The fourth-order valence-electron chi connectivity index (χ4n) is 3.92. The topological polar surface area (TPSA) is 91.4 Å². The predicted molar refractivity (Wildman–Crippen MR) is 100 cm³/mol. The average Bonchev–Trinajstić information content (AvgIpc) is 3.24. The number of fused-ring (bicyclic) bond motifs is 1. The summed E-state index contributed by atoms with van der Waals surface area (Å²) in [5.41, 5.74) is 0.454. The van der Waals surface area contributed by atoms with Crippen LogP contribution in [0.3, 0.4) is 0 Å². The number of nitrogens with one attached hydrogen (secondary N) is 2. The van der Waals surface area contributed by atoms with Crippen LogP contribution < -0.4 is 10.6 Å². The molecule has 1 aromatic carbocycles. The molecule has 1 aliphatic carbocycles. The largest absolute Gasteiger partial charge is 0.351 e. The molecular weight excluding hydrogens is 344 g/mol. The zero-order valence-corrected chi connectivity index (χ0v) is 15.0. The van der Waals surface area contributed by atoms with Crippen molar-refractivity contribution in [1.82, 2.24) is 20.5 Å². The lowest BCUT2D eigenvalue weighted by molar-refractivity contribution is -0.131. The van der Waals surface area contributed by atoms with E-state index in [0.29, 0.717) is 25.2 Å². The second kappa shape index (κ2) is 6.98. The molecule has 0 radical (unpaired) electrons. The third-order valence-electron chi connectivity index (χ3n) is 5.38. The molecule has 1 saturated carbocycles. The maximum atomic E-state index is 12.6. The van der Waals surface area contributed by atoms with Crippen molar-refractivity contribution < 1.29 is 14.4 Å². The number of imide groups is 1. The Bertz CT molecular complexity index is 905. The number of urea groups is 1. The highest BCUT2D eigenvalue weighted by molar-refractivity contribution is 6.07. The zero-order valence-electron chi connectivity index (χ0n) is 15.0. The van der Waals surface area contributed by atoms with Crippen LogP contribution >= 0.6 is 0 Å². The van der Waals surface area contributed by atoms with Gasteiger partial charge in [-0.2, -0.15) is 0 Å². The third-order valence-corrected chi connectivity index (χ3v) is 5.38. The fourth-order valence-corrected chi connectivity index (χ4v) is 3.92. The average molecular weight is 366 g/mol. The Balaban J connectivity index is 1.30. The van der Waals surface area contributed by atoms with E-state index in [2.05, 4.69) is 15.6 Å². The van der Waals surface area contributed by atoms with Gasteiger partial charge in [-0.1, -0.05) is 37.1 Å². The van der Waals surface area contributed by atoms with Gasteiger partial charge in [-0.05, 0) is 31.4 Å². The first-order chi connectivity index (χ1) is 13.1. The molecule has 1 saturated heterocycles. The van der Waals surface area contributed by atoms with Gasteiger partial charge in [-0.15, -0.1) is 0 Å². The van der Waals surface area contributed by atoms with E-state index in [9.17, 15) is 14.4 Å². The molecule has 7 heteroatoms. The first-order valence-electron chi connectivity index (χ1n) is 9.37. The van der Waals surface area contributed by atoms with Gasteiger partial charge >= 0.3 is 6.03 Å². The minimum atomic E-state index is -0.671. The zero-order chi connectivity index (χ0) is 18.9. The maximum absolute atomic E-state index is 12.6. The van der Waals surface area contributed by atoms with E-state index < -0.39 is 5.54 Å². The van der Waals surface area contributed by atoms with E-state index in [-0.39, 0.29) is 17.8 Å². The second-order valence-corrected chi connectivity index (χ2v) is 7.17. The summed E-state index contributed by atoms with van der Waals surface area (Å²) in [6.07, 6.45) is 3.88. The molecule has 2 aromatic rings. The number of hydrogen-bond acceptors (Lipinski definition) is 4. The number of rotatable bonds is 5. The number of para-hydroxylation sites is 1. The summed E-state index contributed by atoms with van der Waals surface area (Å²) in [4.78, 5) is 42.6. The first kappa shape index (κ1) is 17.5. The highest BCUT2D eigenvalue weighted by Crippen LogP contribution is 2.34. The highest BCUT2D eigenvalue weighted by atomic mass is 16.2. The number of amides is 4. The number of carbonyl (C=O) groups is 3. The summed E-state index contributed by atoms with van der Waals surface area (Å²) < 4.78 is 0. The summed E-state index contributed by atoms with van der Waals surface area (Å²) in [6, 6.07) is 10.9. The molecule has 4 rings (SSSR count). The van der Waals surface area contributed by atoms with Crippen molar-refractivity contribution in [1.29, 1.82) is 0 Å². The minimum absolute atomic E-state index is 0.118. The molecule has 2 aliphatic rings. The van der Waals surface area contributed by atoms with Crippen LogP contribution in [-0.4, -0.2) is 46.4 Å². The molecule has 2 fully saturated rings. The van der Waals surface area contributed by atoms with Crippen molar-refractivity contribution >= 4 is 28.7 Å². The summed E-state index contributed by atoms with van der Waals surface area (Å²) in [5, 5.41) is 6.65. The molecule has 0 unspecified atom stereocenters.